The Morgan fingerprint density at radius 3 is 1.74 bits per heavy atom. The fourth-order valence-corrected chi connectivity index (χ4v) is 4.32. The molecule has 0 atom stereocenters. The van der Waals surface area contributed by atoms with Crippen LogP contribution in [0.15, 0.2) is 57.0 Å². The van der Waals surface area contributed by atoms with E-state index in [0.29, 0.717) is 11.1 Å². The van der Waals surface area contributed by atoms with E-state index in [1.807, 2.05) is 39.8 Å². The summed E-state index contributed by atoms with van der Waals surface area (Å²) < 4.78 is 27.9. The first-order chi connectivity index (χ1) is 20.2. The van der Waals surface area contributed by atoms with Gasteiger partial charge in [-0.1, -0.05) is 23.3 Å². The van der Waals surface area contributed by atoms with E-state index in [0.717, 1.165) is 11.1 Å². The topological polar surface area (TPSA) is 135 Å². The number of allylic oxidation sites excluding steroid dienone is 4. The molecule has 0 spiro atoms. The van der Waals surface area contributed by atoms with Gasteiger partial charge in [-0.25, -0.2) is 0 Å². The third-order valence-electron chi connectivity index (χ3n) is 6.00. The van der Waals surface area contributed by atoms with Gasteiger partial charge in [0.25, 0.3) is 0 Å². The molecule has 3 aromatic rings. The summed E-state index contributed by atoms with van der Waals surface area (Å²) in [4.78, 5) is 62.4. The van der Waals surface area contributed by atoms with Crippen LogP contribution in [0.1, 0.15) is 66.5 Å². The lowest BCUT2D eigenvalue weighted by Crippen LogP contribution is -2.16. The Morgan fingerprint density at radius 2 is 1.21 bits per heavy atom. The van der Waals surface area contributed by atoms with Gasteiger partial charge < -0.3 is 23.4 Å². The zero-order valence-electron chi connectivity index (χ0n) is 25.5. The summed E-state index contributed by atoms with van der Waals surface area (Å²) in [5.74, 6) is -2.52. The third-order valence-corrected chi connectivity index (χ3v) is 6.00. The maximum Gasteiger partial charge on any atom is 0.308 e. The summed E-state index contributed by atoms with van der Waals surface area (Å²) in [6, 6.07) is 4.19. The maximum absolute atomic E-state index is 14.3. The van der Waals surface area contributed by atoms with Crippen molar-refractivity contribution in [2.75, 3.05) is 0 Å². The second kappa shape index (κ2) is 13.8. The van der Waals surface area contributed by atoms with Crippen molar-refractivity contribution in [1.29, 1.82) is 0 Å². The van der Waals surface area contributed by atoms with E-state index in [1.165, 1.54) is 52.2 Å². The smallest absolute Gasteiger partial charge is 0.308 e. The molecule has 43 heavy (non-hydrogen) atoms. The van der Waals surface area contributed by atoms with Crippen LogP contribution in [0.3, 0.4) is 0 Å². The fourth-order valence-electron chi connectivity index (χ4n) is 4.32. The van der Waals surface area contributed by atoms with E-state index in [4.69, 9.17) is 23.4 Å². The quantitative estimate of drug-likeness (QED) is 0.161. The normalized spacial score (nSPS) is 10.5. The minimum Gasteiger partial charge on any atom is -0.463 e. The van der Waals surface area contributed by atoms with Crippen molar-refractivity contribution in [2.24, 2.45) is 0 Å². The number of fused-ring (bicyclic) bond motifs is 1. The number of benzene rings is 2. The molecule has 0 aliphatic carbocycles. The van der Waals surface area contributed by atoms with E-state index in [-0.39, 0.29) is 57.9 Å². The van der Waals surface area contributed by atoms with E-state index >= 15 is 0 Å². The monoisotopic (exact) mass is 590 g/mol. The van der Waals surface area contributed by atoms with Crippen molar-refractivity contribution in [3.8, 4) is 34.1 Å². The lowest BCUT2D eigenvalue weighted by atomic mass is 9.95. The molecular formula is C33H34O10. The average Bonchev–Trinajstić information content (AvgIpc) is 2.87. The van der Waals surface area contributed by atoms with Crippen LogP contribution in [0.5, 0.6) is 23.0 Å². The average molecular weight is 591 g/mol. The minimum absolute atomic E-state index is 0.0203. The highest BCUT2D eigenvalue weighted by Crippen LogP contribution is 2.43. The number of esters is 4. The summed E-state index contributed by atoms with van der Waals surface area (Å²) in [5, 5.41) is -0.0595. The van der Waals surface area contributed by atoms with Crippen molar-refractivity contribution in [2.45, 2.75) is 68.2 Å². The number of hydrogen-bond acceptors (Lipinski definition) is 10. The standard InChI is InChI=1S/C33H34O10/c1-17(2)9-12-25-31(42-21(7)36)26(13-10-18(3)4)33(43-22(8)37)29-30(38)27(16-39-32(25)29)24-14-11-23(40-19(5)34)15-28(24)41-20(6)35/h9-11,14-16H,12-13H2,1-8H3. The third kappa shape index (κ3) is 8.06. The molecule has 1 aromatic heterocycles. The number of carbonyl (C=O) groups excluding carboxylic acids is 4. The maximum atomic E-state index is 14.3. The van der Waals surface area contributed by atoms with Gasteiger partial charge >= 0.3 is 23.9 Å². The van der Waals surface area contributed by atoms with Gasteiger partial charge in [0, 0.05) is 50.5 Å². The molecule has 0 fully saturated rings. The molecule has 2 aromatic carbocycles. The van der Waals surface area contributed by atoms with Crippen LogP contribution >= 0.6 is 0 Å². The molecule has 0 aliphatic rings. The van der Waals surface area contributed by atoms with E-state index in [2.05, 4.69) is 0 Å². The molecule has 0 N–H and O–H groups in total. The second-order valence-corrected chi connectivity index (χ2v) is 10.3. The van der Waals surface area contributed by atoms with Gasteiger partial charge in [-0.15, -0.1) is 0 Å². The summed E-state index contributed by atoms with van der Waals surface area (Å²) in [5.41, 5.74) is 2.23. The van der Waals surface area contributed by atoms with Crippen LogP contribution in [-0.2, 0) is 32.0 Å². The highest BCUT2D eigenvalue weighted by molar-refractivity contribution is 5.96. The molecule has 0 amide bonds. The predicted octanol–water partition coefficient (Wildman–Crippen LogP) is 6.18. The van der Waals surface area contributed by atoms with Crippen molar-refractivity contribution in [1.82, 2.24) is 0 Å². The van der Waals surface area contributed by atoms with Crippen molar-refractivity contribution in [3.05, 3.63) is 69.1 Å². The van der Waals surface area contributed by atoms with Crippen molar-refractivity contribution < 1.29 is 42.5 Å². The molecule has 0 saturated carbocycles. The Labute approximate surface area is 248 Å². The number of carbonyl (C=O) groups is 4. The number of rotatable bonds is 9. The summed E-state index contributed by atoms with van der Waals surface area (Å²) in [7, 11) is 0. The van der Waals surface area contributed by atoms with E-state index < -0.39 is 29.3 Å². The van der Waals surface area contributed by atoms with E-state index in [1.54, 1.807) is 0 Å². The predicted molar refractivity (Wildman–Crippen MR) is 159 cm³/mol. The van der Waals surface area contributed by atoms with Crippen LogP contribution in [-0.4, -0.2) is 23.9 Å². The zero-order chi connectivity index (χ0) is 32.0. The fraction of sp³-hybridized carbons (Fsp3) is 0.303. The summed E-state index contributed by atoms with van der Waals surface area (Å²) >= 11 is 0. The first kappa shape index (κ1) is 32.5. The second-order valence-electron chi connectivity index (χ2n) is 10.3. The van der Waals surface area contributed by atoms with Gasteiger partial charge in [0.2, 0.25) is 5.43 Å². The first-order valence-electron chi connectivity index (χ1n) is 13.5. The first-order valence-corrected chi connectivity index (χ1v) is 13.5. The van der Waals surface area contributed by atoms with Gasteiger partial charge in [0.1, 0.15) is 34.5 Å². The molecule has 0 aliphatic heterocycles. The van der Waals surface area contributed by atoms with Crippen molar-refractivity contribution >= 4 is 34.8 Å². The molecule has 226 valence electrons. The molecule has 0 radical (unpaired) electrons. The lowest BCUT2D eigenvalue weighted by Gasteiger charge is -2.20. The Kier molecular flexibility index (Phi) is 10.4. The Balaban J connectivity index is 2.54. The Hall–Kier alpha value is -4.99. The van der Waals surface area contributed by atoms with Gasteiger partial charge in [-0.2, -0.15) is 0 Å². The summed E-state index contributed by atoms with van der Waals surface area (Å²) in [6.45, 7) is 12.4. The Morgan fingerprint density at radius 1 is 0.674 bits per heavy atom. The molecule has 3 rings (SSSR count). The largest absolute Gasteiger partial charge is 0.463 e. The van der Waals surface area contributed by atoms with Crippen LogP contribution in [0.2, 0.25) is 0 Å². The molecule has 0 bridgehead atoms. The van der Waals surface area contributed by atoms with Gasteiger partial charge in [0.05, 0.1) is 5.56 Å². The number of hydrogen-bond donors (Lipinski definition) is 0. The zero-order valence-corrected chi connectivity index (χ0v) is 25.5. The molecule has 10 heteroatoms. The van der Waals surface area contributed by atoms with Crippen LogP contribution < -0.4 is 24.4 Å². The summed E-state index contributed by atoms with van der Waals surface area (Å²) in [6.07, 6.45) is 5.34. The van der Waals surface area contributed by atoms with Crippen LogP contribution in [0.25, 0.3) is 22.1 Å². The van der Waals surface area contributed by atoms with Crippen molar-refractivity contribution in [3.63, 3.8) is 0 Å². The highest BCUT2D eigenvalue weighted by atomic mass is 16.6. The molecule has 1 heterocycles. The van der Waals surface area contributed by atoms with Crippen LogP contribution in [0, 0.1) is 0 Å². The molecule has 0 unspecified atom stereocenters. The molecule has 10 nitrogen and oxygen atoms in total. The SMILES string of the molecule is CC(=O)Oc1ccc(-c2coc3c(CC=C(C)C)c(OC(C)=O)c(CC=C(C)C)c(OC(C)=O)c3c2=O)c(OC(C)=O)c1. The molecular weight excluding hydrogens is 556 g/mol. The van der Waals surface area contributed by atoms with Gasteiger partial charge in [-0.3, -0.25) is 24.0 Å². The lowest BCUT2D eigenvalue weighted by molar-refractivity contribution is -0.133. The Bertz CT molecular complexity index is 1730. The van der Waals surface area contributed by atoms with E-state index in [9.17, 15) is 24.0 Å². The van der Waals surface area contributed by atoms with Gasteiger partial charge in [0.15, 0.2) is 5.75 Å². The molecule has 0 saturated heterocycles. The van der Waals surface area contributed by atoms with Gasteiger partial charge in [-0.05, 0) is 52.7 Å². The van der Waals surface area contributed by atoms with Crippen LogP contribution in [0.4, 0.5) is 0 Å². The highest BCUT2D eigenvalue weighted by Gasteiger charge is 2.28. The number of ether oxygens (including phenoxy) is 4. The minimum atomic E-state index is -0.707.